The fourth-order valence-corrected chi connectivity index (χ4v) is 3.43. The van der Waals surface area contributed by atoms with Crippen LogP contribution in [0.4, 0.5) is 0 Å². The molecular weight excluding hydrogens is 228 g/mol. The summed E-state index contributed by atoms with van der Waals surface area (Å²) < 4.78 is 0. The molecule has 3 atom stereocenters. The number of hydrogen-bond acceptors (Lipinski definition) is 3. The highest BCUT2D eigenvalue weighted by Gasteiger charge is 2.34. The van der Waals surface area contributed by atoms with E-state index < -0.39 is 0 Å². The SMILES string of the molecule is CCC(CSC)N1CC(C(C)(C)C)NCC1C. The molecule has 0 spiro atoms. The Kier molecular flexibility index (Phi) is 5.81. The van der Waals surface area contributed by atoms with Crippen molar-refractivity contribution >= 4 is 11.8 Å². The lowest BCUT2D eigenvalue weighted by molar-refractivity contribution is 0.0634. The molecule has 0 saturated carbocycles. The Balaban J connectivity index is 2.68. The molecule has 0 aromatic heterocycles. The number of thioether (sulfide) groups is 1. The van der Waals surface area contributed by atoms with Crippen LogP contribution in [0.15, 0.2) is 0 Å². The summed E-state index contributed by atoms with van der Waals surface area (Å²) in [6.07, 6.45) is 3.48. The van der Waals surface area contributed by atoms with E-state index in [0.717, 1.165) is 12.6 Å². The van der Waals surface area contributed by atoms with Crippen molar-refractivity contribution in [2.45, 2.75) is 59.2 Å². The predicted molar refractivity (Wildman–Crippen MR) is 79.9 cm³/mol. The van der Waals surface area contributed by atoms with E-state index in [1.54, 1.807) is 0 Å². The Morgan fingerprint density at radius 1 is 1.41 bits per heavy atom. The third-order valence-corrected chi connectivity index (χ3v) is 4.68. The van der Waals surface area contributed by atoms with Crippen LogP contribution < -0.4 is 5.32 Å². The molecule has 1 aliphatic heterocycles. The van der Waals surface area contributed by atoms with E-state index in [9.17, 15) is 0 Å². The molecule has 1 aliphatic rings. The van der Waals surface area contributed by atoms with Crippen molar-refractivity contribution in [1.82, 2.24) is 10.2 Å². The van der Waals surface area contributed by atoms with Crippen LogP contribution in [0.3, 0.4) is 0 Å². The highest BCUT2D eigenvalue weighted by Crippen LogP contribution is 2.25. The molecule has 1 saturated heterocycles. The van der Waals surface area contributed by atoms with Crippen LogP contribution in [-0.2, 0) is 0 Å². The van der Waals surface area contributed by atoms with Crippen LogP contribution in [0.2, 0.25) is 0 Å². The first-order valence-electron chi connectivity index (χ1n) is 6.88. The van der Waals surface area contributed by atoms with Gasteiger partial charge in [0.15, 0.2) is 0 Å². The van der Waals surface area contributed by atoms with E-state index in [4.69, 9.17) is 0 Å². The molecular formula is C14H30N2S. The zero-order valence-electron chi connectivity index (χ0n) is 12.4. The zero-order chi connectivity index (χ0) is 13.1. The second-order valence-corrected chi connectivity index (χ2v) is 7.30. The second kappa shape index (κ2) is 6.44. The average molecular weight is 258 g/mol. The lowest BCUT2D eigenvalue weighted by Crippen LogP contribution is -2.62. The number of nitrogens with zero attached hydrogens (tertiary/aromatic N) is 1. The topological polar surface area (TPSA) is 15.3 Å². The zero-order valence-corrected chi connectivity index (χ0v) is 13.2. The van der Waals surface area contributed by atoms with Crippen molar-refractivity contribution in [2.24, 2.45) is 5.41 Å². The molecule has 1 fully saturated rings. The molecule has 3 unspecified atom stereocenters. The fourth-order valence-electron chi connectivity index (χ4n) is 2.61. The molecule has 17 heavy (non-hydrogen) atoms. The van der Waals surface area contributed by atoms with Gasteiger partial charge in [0.25, 0.3) is 0 Å². The highest BCUT2D eigenvalue weighted by molar-refractivity contribution is 7.98. The van der Waals surface area contributed by atoms with Gasteiger partial charge in [-0.2, -0.15) is 11.8 Å². The van der Waals surface area contributed by atoms with E-state index in [-0.39, 0.29) is 0 Å². The van der Waals surface area contributed by atoms with Crippen molar-refractivity contribution in [3.8, 4) is 0 Å². The maximum atomic E-state index is 3.71. The number of rotatable bonds is 4. The molecule has 1 rings (SSSR count). The van der Waals surface area contributed by atoms with Crippen LogP contribution >= 0.6 is 11.8 Å². The van der Waals surface area contributed by atoms with Gasteiger partial charge >= 0.3 is 0 Å². The van der Waals surface area contributed by atoms with E-state index in [0.29, 0.717) is 17.5 Å². The monoisotopic (exact) mass is 258 g/mol. The van der Waals surface area contributed by atoms with Crippen molar-refractivity contribution < 1.29 is 0 Å². The summed E-state index contributed by atoms with van der Waals surface area (Å²) in [6, 6.07) is 2.03. The molecule has 1 N–H and O–H groups in total. The maximum Gasteiger partial charge on any atom is 0.0244 e. The summed E-state index contributed by atoms with van der Waals surface area (Å²) >= 11 is 1.98. The third-order valence-electron chi connectivity index (χ3n) is 3.96. The number of nitrogens with one attached hydrogen (secondary N) is 1. The minimum absolute atomic E-state index is 0.357. The van der Waals surface area contributed by atoms with Crippen LogP contribution in [0.1, 0.15) is 41.0 Å². The van der Waals surface area contributed by atoms with Crippen LogP contribution in [0.25, 0.3) is 0 Å². The van der Waals surface area contributed by atoms with Crippen LogP contribution in [-0.4, -0.2) is 48.1 Å². The third kappa shape index (κ3) is 4.15. The average Bonchev–Trinajstić information content (AvgIpc) is 2.25. The van der Waals surface area contributed by atoms with Gasteiger partial charge < -0.3 is 5.32 Å². The van der Waals surface area contributed by atoms with Crippen molar-refractivity contribution in [1.29, 1.82) is 0 Å². The van der Waals surface area contributed by atoms with Gasteiger partial charge in [-0.3, -0.25) is 4.90 Å². The molecule has 0 aromatic carbocycles. The molecule has 2 nitrogen and oxygen atoms in total. The normalized spacial score (nSPS) is 29.3. The molecule has 0 aromatic rings. The predicted octanol–water partition coefficient (Wildman–Crippen LogP) is 2.84. The van der Waals surface area contributed by atoms with Gasteiger partial charge in [-0.25, -0.2) is 0 Å². The molecule has 0 aliphatic carbocycles. The Labute approximate surface area is 112 Å². The number of piperazine rings is 1. The summed E-state index contributed by atoms with van der Waals surface area (Å²) in [4.78, 5) is 2.73. The summed E-state index contributed by atoms with van der Waals surface area (Å²) in [5, 5.41) is 3.71. The van der Waals surface area contributed by atoms with Crippen LogP contribution in [0.5, 0.6) is 0 Å². The van der Waals surface area contributed by atoms with Gasteiger partial charge in [-0.15, -0.1) is 0 Å². The minimum atomic E-state index is 0.357. The molecule has 1 heterocycles. The summed E-state index contributed by atoms with van der Waals surface area (Å²) in [5.74, 6) is 1.26. The lowest BCUT2D eigenvalue weighted by atomic mass is 9.84. The summed E-state index contributed by atoms with van der Waals surface area (Å²) in [5.41, 5.74) is 0.357. The Morgan fingerprint density at radius 2 is 2.06 bits per heavy atom. The molecule has 0 radical (unpaired) electrons. The van der Waals surface area contributed by atoms with Crippen molar-refractivity contribution in [3.63, 3.8) is 0 Å². The largest absolute Gasteiger partial charge is 0.311 e. The van der Waals surface area contributed by atoms with Gasteiger partial charge in [0, 0.05) is 37.0 Å². The summed E-state index contributed by atoms with van der Waals surface area (Å²) in [6.45, 7) is 14.0. The van der Waals surface area contributed by atoms with Crippen LogP contribution in [0, 0.1) is 5.41 Å². The summed E-state index contributed by atoms with van der Waals surface area (Å²) in [7, 11) is 0. The van der Waals surface area contributed by atoms with E-state index in [1.165, 1.54) is 18.7 Å². The van der Waals surface area contributed by atoms with Crippen molar-refractivity contribution in [3.05, 3.63) is 0 Å². The molecule has 3 heteroatoms. The quantitative estimate of drug-likeness (QED) is 0.835. The van der Waals surface area contributed by atoms with Gasteiger partial charge in [0.2, 0.25) is 0 Å². The van der Waals surface area contributed by atoms with E-state index in [2.05, 4.69) is 51.1 Å². The van der Waals surface area contributed by atoms with Gasteiger partial charge in [0.1, 0.15) is 0 Å². The Hall–Kier alpha value is 0.270. The Morgan fingerprint density at radius 3 is 2.53 bits per heavy atom. The lowest BCUT2D eigenvalue weighted by Gasteiger charge is -2.47. The second-order valence-electron chi connectivity index (χ2n) is 6.39. The minimum Gasteiger partial charge on any atom is -0.311 e. The maximum absolute atomic E-state index is 3.71. The highest BCUT2D eigenvalue weighted by atomic mass is 32.2. The van der Waals surface area contributed by atoms with Gasteiger partial charge in [-0.1, -0.05) is 27.7 Å². The van der Waals surface area contributed by atoms with E-state index in [1.807, 2.05) is 11.8 Å². The van der Waals surface area contributed by atoms with Gasteiger partial charge in [0.05, 0.1) is 0 Å². The first-order valence-corrected chi connectivity index (χ1v) is 8.27. The first kappa shape index (κ1) is 15.3. The smallest absolute Gasteiger partial charge is 0.0244 e. The Bertz CT molecular complexity index is 225. The number of hydrogen-bond donors (Lipinski definition) is 1. The molecule has 0 bridgehead atoms. The van der Waals surface area contributed by atoms with Gasteiger partial charge in [-0.05, 0) is 25.0 Å². The van der Waals surface area contributed by atoms with Crippen molar-refractivity contribution in [2.75, 3.05) is 25.1 Å². The van der Waals surface area contributed by atoms with E-state index >= 15 is 0 Å². The first-order chi connectivity index (χ1) is 7.90. The fraction of sp³-hybridized carbons (Fsp3) is 1.00. The standard InChI is InChI=1S/C14H30N2S/c1-7-12(10-17-6)16-9-13(14(3,4)5)15-8-11(16)2/h11-13,15H,7-10H2,1-6H3. The molecule has 102 valence electrons. The molecule has 0 amide bonds.